The number of methoxy groups -OCH3 is 2. The molecule has 320 valence electrons. The summed E-state index contributed by atoms with van der Waals surface area (Å²) in [6, 6.07) is 5.82. The van der Waals surface area contributed by atoms with Crippen molar-refractivity contribution in [2.45, 2.75) is 112 Å². The van der Waals surface area contributed by atoms with E-state index in [-0.39, 0.29) is 30.4 Å². The molecule has 3 heterocycles. The van der Waals surface area contributed by atoms with Gasteiger partial charge in [-0.2, -0.15) is 0 Å². The number of nitrogens with one attached hydrogen (secondary N) is 3. The van der Waals surface area contributed by atoms with Crippen LogP contribution in [0, 0.1) is 11.8 Å². The Morgan fingerprint density at radius 1 is 1.00 bits per heavy atom. The molecule has 16 heteroatoms. The average Bonchev–Trinajstić information content (AvgIpc) is 4.12. The topological polar surface area (TPSA) is 186 Å². The summed E-state index contributed by atoms with van der Waals surface area (Å²) in [5.41, 5.74) is 0.245. The van der Waals surface area contributed by atoms with Crippen LogP contribution in [0.3, 0.4) is 0 Å². The van der Waals surface area contributed by atoms with Crippen LogP contribution < -0.4 is 24.8 Å². The molecule has 15 nitrogen and oxygen atoms in total. The summed E-state index contributed by atoms with van der Waals surface area (Å²) >= 11 is 0. The Bertz CT molecular complexity index is 2050. The fourth-order valence-corrected chi connectivity index (χ4v) is 10.2. The molecule has 0 spiro atoms. The normalized spacial score (nSPS) is 25.2. The number of urea groups is 1. The number of carbonyl (C=O) groups is 4. The van der Waals surface area contributed by atoms with Gasteiger partial charge in [0, 0.05) is 49.2 Å². The van der Waals surface area contributed by atoms with E-state index in [4.69, 9.17) is 14.2 Å². The average molecular weight is 835 g/mol. The summed E-state index contributed by atoms with van der Waals surface area (Å²) in [4.78, 5) is 63.2. The molecule has 3 aliphatic carbocycles. The highest BCUT2D eigenvalue weighted by Gasteiger charge is 2.61. The maximum atomic E-state index is 14.4. The molecule has 0 unspecified atom stereocenters. The lowest BCUT2D eigenvalue weighted by atomic mass is 9.83. The van der Waals surface area contributed by atoms with Gasteiger partial charge in [-0.3, -0.25) is 19.1 Å². The highest BCUT2D eigenvalue weighted by Crippen LogP contribution is 2.45. The number of nitrogens with zero attached hydrogens (tertiary/aromatic N) is 3. The first-order valence-electron chi connectivity index (χ1n) is 21.1. The minimum Gasteiger partial charge on any atom is -0.497 e. The Morgan fingerprint density at radius 3 is 2.51 bits per heavy atom. The van der Waals surface area contributed by atoms with Crippen LogP contribution in [0.2, 0.25) is 0 Å². The minimum absolute atomic E-state index is 0.0700. The second kappa shape index (κ2) is 18.3. The van der Waals surface area contributed by atoms with Gasteiger partial charge in [-0.05, 0) is 88.3 Å². The van der Waals surface area contributed by atoms with E-state index in [2.05, 4.69) is 33.0 Å². The molecule has 59 heavy (non-hydrogen) atoms. The van der Waals surface area contributed by atoms with Crippen LogP contribution in [0.25, 0.3) is 17.0 Å². The quantitative estimate of drug-likeness (QED) is 0.152. The molecule has 7 rings (SSSR count). The van der Waals surface area contributed by atoms with Gasteiger partial charge < -0.3 is 34.6 Å². The van der Waals surface area contributed by atoms with E-state index in [1.807, 2.05) is 30.3 Å². The summed E-state index contributed by atoms with van der Waals surface area (Å²) in [6.45, 7) is 5.57. The van der Waals surface area contributed by atoms with Gasteiger partial charge in [-0.15, -0.1) is 6.58 Å². The van der Waals surface area contributed by atoms with E-state index in [0.717, 1.165) is 67.2 Å². The highest BCUT2D eigenvalue weighted by molar-refractivity contribution is 7.91. The Kier molecular flexibility index (Phi) is 13.1. The Balaban J connectivity index is 0.913. The number of fused-ring (bicyclic) bond motifs is 1. The Labute approximate surface area is 346 Å². The summed E-state index contributed by atoms with van der Waals surface area (Å²) in [5.74, 6) is -0.804. The molecule has 2 saturated heterocycles. The maximum Gasteiger partial charge on any atom is 0.318 e. The standard InChI is InChI=1S/C43H58N6O9S/c1-4-31-26-43(31,41(52)47-59(54,55)34-18-19-34)46-38(50)36-15-11-21-49(36)40(51)37(28-12-7-5-8-13-28)45-42(53)48-22-20-33(27-48)58-23-10-6-9-14-30-24-29-16-17-32(56-2)25-35(29)44-39(30)57-3/h4,9,14,16-17,24-25,28,31,33-34,36-37H,1,5-8,10-13,15,18-23,26-27H2,2-3H3,(H,45,53)(H,46,50)(H,47,52)/t31-,33+,36+,37+,43-/m1/s1. The highest BCUT2D eigenvalue weighted by atomic mass is 32.2. The number of likely N-dealkylation sites (tertiary alicyclic amines) is 2. The smallest absolute Gasteiger partial charge is 0.318 e. The van der Waals surface area contributed by atoms with Crippen LogP contribution in [0.4, 0.5) is 4.79 Å². The number of pyridine rings is 1. The van der Waals surface area contributed by atoms with Crippen molar-refractivity contribution in [3.8, 4) is 11.6 Å². The largest absolute Gasteiger partial charge is 0.497 e. The Hall–Kier alpha value is -4.70. The SMILES string of the molecule is C=C[C@@H]1C[C@]1(NC(=O)[C@@H]1CCCN1C(=O)[C@@H](NC(=O)N1CC[C@H](OCCCC=Cc2cc3ccc(OC)cc3nc2OC)C1)C1CCCCC1)C(=O)NS(=O)(=O)C1CC1. The van der Waals surface area contributed by atoms with E-state index in [0.29, 0.717) is 64.2 Å². The number of ether oxygens (including phenoxy) is 3. The molecular weight excluding hydrogens is 777 g/mol. The summed E-state index contributed by atoms with van der Waals surface area (Å²) in [6.07, 6.45) is 14.5. The lowest BCUT2D eigenvalue weighted by Crippen LogP contribution is -2.60. The Morgan fingerprint density at radius 2 is 1.80 bits per heavy atom. The lowest BCUT2D eigenvalue weighted by molar-refractivity contribution is -0.142. The molecule has 1 aromatic heterocycles. The molecule has 1 aromatic carbocycles. The van der Waals surface area contributed by atoms with Gasteiger partial charge in [0.05, 0.1) is 31.1 Å². The first-order valence-corrected chi connectivity index (χ1v) is 22.7. The van der Waals surface area contributed by atoms with Gasteiger partial charge >= 0.3 is 6.03 Å². The predicted octanol–water partition coefficient (Wildman–Crippen LogP) is 4.46. The van der Waals surface area contributed by atoms with E-state index >= 15 is 0 Å². The van der Waals surface area contributed by atoms with Crippen LogP contribution in [0.15, 0.2) is 43.0 Å². The van der Waals surface area contributed by atoms with Crippen LogP contribution in [0.5, 0.6) is 11.6 Å². The number of aromatic nitrogens is 1. The number of amides is 5. The molecule has 3 N–H and O–H groups in total. The van der Waals surface area contributed by atoms with Crippen LogP contribution in [-0.4, -0.2) is 116 Å². The number of rotatable bonds is 17. The number of hydrogen-bond donors (Lipinski definition) is 3. The number of hydrogen-bond acceptors (Lipinski definition) is 10. The van der Waals surface area contributed by atoms with Gasteiger partial charge in [0.2, 0.25) is 27.7 Å². The molecule has 5 amide bonds. The van der Waals surface area contributed by atoms with Crippen molar-refractivity contribution in [1.29, 1.82) is 0 Å². The summed E-state index contributed by atoms with van der Waals surface area (Å²) in [5, 5.41) is 6.30. The molecule has 2 aromatic rings. The van der Waals surface area contributed by atoms with E-state index < -0.39 is 50.6 Å². The monoisotopic (exact) mass is 834 g/mol. The molecule has 0 radical (unpaired) electrons. The first-order chi connectivity index (χ1) is 28.5. The molecule has 5 aliphatic rings. The van der Waals surface area contributed by atoms with Crippen molar-refractivity contribution in [2.24, 2.45) is 11.8 Å². The van der Waals surface area contributed by atoms with Crippen LogP contribution in [0.1, 0.15) is 89.0 Å². The summed E-state index contributed by atoms with van der Waals surface area (Å²) < 4.78 is 44.4. The summed E-state index contributed by atoms with van der Waals surface area (Å²) in [7, 11) is -0.598. The molecule has 5 atom stereocenters. The molecule has 0 bridgehead atoms. The number of allylic oxidation sites excluding steroid dienone is 1. The van der Waals surface area contributed by atoms with Crippen molar-refractivity contribution < 1.29 is 41.8 Å². The lowest BCUT2D eigenvalue weighted by Gasteiger charge is -2.35. The minimum atomic E-state index is -3.82. The van der Waals surface area contributed by atoms with Crippen molar-refractivity contribution >= 4 is 50.8 Å². The molecular formula is C43H58N6O9S. The van der Waals surface area contributed by atoms with Gasteiger partial charge in [0.15, 0.2) is 0 Å². The van der Waals surface area contributed by atoms with Gasteiger partial charge in [-0.1, -0.05) is 37.5 Å². The number of carbonyl (C=O) groups excluding carboxylic acids is 4. The van der Waals surface area contributed by atoms with E-state index in [1.54, 1.807) is 30.1 Å². The zero-order valence-electron chi connectivity index (χ0n) is 34.2. The zero-order chi connectivity index (χ0) is 41.7. The number of sulfonamides is 1. The van der Waals surface area contributed by atoms with Crippen molar-refractivity contribution in [3.63, 3.8) is 0 Å². The van der Waals surface area contributed by atoms with Crippen LogP contribution in [-0.2, 0) is 29.1 Å². The van der Waals surface area contributed by atoms with Crippen molar-refractivity contribution in [3.05, 3.63) is 48.6 Å². The molecule has 3 saturated carbocycles. The number of benzene rings is 1. The molecule has 2 aliphatic heterocycles. The second-order valence-electron chi connectivity index (χ2n) is 16.6. The van der Waals surface area contributed by atoms with Gasteiger partial charge in [0.25, 0.3) is 5.91 Å². The third kappa shape index (κ3) is 9.69. The van der Waals surface area contributed by atoms with Crippen molar-refractivity contribution in [1.82, 2.24) is 30.1 Å². The van der Waals surface area contributed by atoms with Gasteiger partial charge in [0.1, 0.15) is 23.4 Å². The van der Waals surface area contributed by atoms with Gasteiger partial charge in [-0.25, -0.2) is 18.2 Å². The van der Waals surface area contributed by atoms with Crippen molar-refractivity contribution in [2.75, 3.05) is 40.5 Å². The third-order valence-corrected chi connectivity index (χ3v) is 14.4. The first kappa shape index (κ1) is 42.4. The maximum absolute atomic E-state index is 14.4. The number of unbranched alkanes of at least 4 members (excludes halogenated alkanes) is 1. The fraction of sp³-hybridized carbons (Fsp3) is 0.605. The van der Waals surface area contributed by atoms with E-state index in [1.165, 1.54) is 0 Å². The fourth-order valence-electron chi connectivity index (χ4n) is 8.84. The predicted molar refractivity (Wildman–Crippen MR) is 222 cm³/mol. The second-order valence-corrected chi connectivity index (χ2v) is 18.6. The van der Waals surface area contributed by atoms with E-state index in [9.17, 15) is 27.6 Å². The molecule has 5 fully saturated rings. The van der Waals surface area contributed by atoms with Crippen LogP contribution >= 0.6 is 0 Å². The zero-order valence-corrected chi connectivity index (χ0v) is 35.0. The third-order valence-electron chi connectivity index (χ3n) is 12.6.